The Morgan fingerprint density at radius 2 is 1.33 bits per heavy atom. The van der Waals surface area contributed by atoms with Crippen LogP contribution in [0.25, 0.3) is 11.1 Å². The average Bonchev–Trinajstić information content (AvgIpc) is 3.11. The third kappa shape index (κ3) is 3.93. The summed E-state index contributed by atoms with van der Waals surface area (Å²) < 4.78 is 27.4. The molecule has 2 atom stereocenters. The van der Waals surface area contributed by atoms with Gasteiger partial charge in [0.25, 0.3) is 0 Å². The molecular weight excluding hydrogens is 392 g/mol. The maximum absolute atomic E-state index is 12.9. The van der Waals surface area contributed by atoms with E-state index in [4.69, 9.17) is 0 Å². The highest BCUT2D eigenvalue weighted by molar-refractivity contribution is 7.88. The monoisotopic (exact) mass is 418 g/mol. The topological polar surface area (TPSA) is 40.6 Å². The Labute approximate surface area is 178 Å². The fourth-order valence-electron chi connectivity index (χ4n) is 4.66. The molecule has 0 unspecified atom stereocenters. The van der Waals surface area contributed by atoms with Crippen molar-refractivity contribution in [1.29, 1.82) is 0 Å². The van der Waals surface area contributed by atoms with Gasteiger partial charge in [0.05, 0.1) is 5.75 Å². The van der Waals surface area contributed by atoms with Gasteiger partial charge in [0.15, 0.2) is 0 Å². The summed E-state index contributed by atoms with van der Waals surface area (Å²) in [4.78, 5) is 2.42. The first-order chi connectivity index (χ1) is 14.6. The summed E-state index contributed by atoms with van der Waals surface area (Å²) in [5.41, 5.74) is 4.58. The lowest BCUT2D eigenvalue weighted by Crippen LogP contribution is -2.54. The first-order valence-electron chi connectivity index (χ1n) is 10.5. The number of benzene rings is 3. The molecule has 0 spiro atoms. The van der Waals surface area contributed by atoms with Crippen LogP contribution in [0.3, 0.4) is 0 Å². The molecule has 30 heavy (non-hydrogen) atoms. The predicted octanol–water partition coefficient (Wildman–Crippen LogP) is 4.00. The summed E-state index contributed by atoms with van der Waals surface area (Å²) in [7, 11) is -3.26. The van der Waals surface area contributed by atoms with Crippen molar-refractivity contribution in [2.75, 3.05) is 19.6 Å². The first-order valence-corrected chi connectivity index (χ1v) is 12.1. The standard InChI is InChI=1S/C25H26N2O2S/c28-30(29,19-21-7-3-1-4-8-21)27-17-24-16-26(25(24)18-27)15-20-11-13-23(14-12-20)22-9-5-2-6-10-22/h1-14,24-25H,15-19H2/t24-,25-/m0/s1. The van der Waals surface area contributed by atoms with Gasteiger partial charge < -0.3 is 0 Å². The van der Waals surface area contributed by atoms with Crippen LogP contribution in [-0.2, 0) is 22.3 Å². The van der Waals surface area contributed by atoms with E-state index in [0.717, 1.165) is 18.7 Å². The molecule has 0 radical (unpaired) electrons. The minimum Gasteiger partial charge on any atom is -0.294 e. The zero-order valence-corrected chi connectivity index (χ0v) is 17.7. The molecule has 2 aliphatic rings. The SMILES string of the molecule is O=S(=O)(Cc1ccccc1)N1C[C@@H]2CN(Cc3ccc(-c4ccccc4)cc3)[C@H]2C1. The molecule has 3 aromatic rings. The van der Waals surface area contributed by atoms with Gasteiger partial charge in [-0.05, 0) is 22.3 Å². The van der Waals surface area contributed by atoms with Crippen LogP contribution in [0.1, 0.15) is 11.1 Å². The number of hydrogen-bond acceptors (Lipinski definition) is 3. The summed E-state index contributed by atoms with van der Waals surface area (Å²) in [6.45, 7) is 3.12. The third-order valence-corrected chi connectivity index (χ3v) is 8.13. The Balaban J connectivity index is 1.20. The zero-order chi connectivity index (χ0) is 20.6. The molecule has 3 aromatic carbocycles. The molecule has 0 bridgehead atoms. The molecule has 154 valence electrons. The van der Waals surface area contributed by atoms with Crippen molar-refractivity contribution < 1.29 is 8.42 Å². The number of fused-ring (bicyclic) bond motifs is 1. The number of rotatable bonds is 6. The van der Waals surface area contributed by atoms with Crippen molar-refractivity contribution >= 4 is 10.0 Å². The number of nitrogens with zero attached hydrogens (tertiary/aromatic N) is 2. The summed E-state index contributed by atoms with van der Waals surface area (Å²) in [5, 5.41) is 0. The lowest BCUT2D eigenvalue weighted by Gasteiger charge is -2.43. The highest BCUT2D eigenvalue weighted by Crippen LogP contribution is 2.35. The molecule has 2 aliphatic heterocycles. The van der Waals surface area contributed by atoms with Crippen LogP contribution < -0.4 is 0 Å². The zero-order valence-electron chi connectivity index (χ0n) is 16.9. The van der Waals surface area contributed by atoms with Crippen molar-refractivity contribution in [2.45, 2.75) is 18.3 Å². The molecule has 2 heterocycles. The van der Waals surface area contributed by atoms with Crippen LogP contribution in [0.4, 0.5) is 0 Å². The Hall–Kier alpha value is -2.47. The third-order valence-electron chi connectivity index (χ3n) is 6.34. The van der Waals surface area contributed by atoms with Crippen molar-refractivity contribution in [1.82, 2.24) is 9.21 Å². The fourth-order valence-corrected chi connectivity index (χ4v) is 6.25. The van der Waals surface area contributed by atoms with Gasteiger partial charge in [-0.1, -0.05) is 84.9 Å². The van der Waals surface area contributed by atoms with Crippen LogP contribution in [0.15, 0.2) is 84.9 Å². The van der Waals surface area contributed by atoms with Crippen molar-refractivity contribution in [2.24, 2.45) is 5.92 Å². The van der Waals surface area contributed by atoms with Gasteiger partial charge in [-0.15, -0.1) is 0 Å². The predicted molar refractivity (Wildman–Crippen MR) is 120 cm³/mol. The molecule has 0 aromatic heterocycles. The highest BCUT2D eigenvalue weighted by Gasteiger charge is 2.48. The molecule has 4 nitrogen and oxygen atoms in total. The van der Waals surface area contributed by atoms with E-state index < -0.39 is 10.0 Å². The molecule has 5 heteroatoms. The summed E-state index contributed by atoms with van der Waals surface area (Å²) in [6, 6.07) is 28.9. The Morgan fingerprint density at radius 1 is 0.700 bits per heavy atom. The van der Waals surface area contributed by atoms with Gasteiger partial charge in [-0.2, -0.15) is 4.31 Å². The molecule has 2 saturated heterocycles. The molecule has 5 rings (SSSR count). The largest absolute Gasteiger partial charge is 0.294 e. The van der Waals surface area contributed by atoms with Crippen LogP contribution >= 0.6 is 0 Å². The van der Waals surface area contributed by atoms with Crippen molar-refractivity contribution in [3.63, 3.8) is 0 Å². The maximum atomic E-state index is 12.9. The number of likely N-dealkylation sites (tertiary alicyclic amines) is 1. The maximum Gasteiger partial charge on any atom is 0.218 e. The van der Waals surface area contributed by atoms with E-state index in [1.807, 2.05) is 36.4 Å². The van der Waals surface area contributed by atoms with E-state index in [1.54, 1.807) is 4.31 Å². The van der Waals surface area contributed by atoms with E-state index in [0.29, 0.717) is 25.0 Å². The highest BCUT2D eigenvalue weighted by atomic mass is 32.2. The van der Waals surface area contributed by atoms with Gasteiger partial charge in [0.1, 0.15) is 0 Å². The Bertz CT molecular complexity index is 1100. The molecule has 0 aliphatic carbocycles. The molecule has 2 fully saturated rings. The average molecular weight is 419 g/mol. The van der Waals surface area contributed by atoms with E-state index in [-0.39, 0.29) is 5.75 Å². The second kappa shape index (κ2) is 7.99. The minimum absolute atomic E-state index is 0.0915. The number of sulfonamides is 1. The van der Waals surface area contributed by atoms with Crippen LogP contribution in [0.5, 0.6) is 0 Å². The van der Waals surface area contributed by atoms with E-state index in [2.05, 4.69) is 53.4 Å². The first kappa shape index (κ1) is 19.5. The summed E-state index contributed by atoms with van der Waals surface area (Å²) >= 11 is 0. The molecular formula is C25H26N2O2S. The Morgan fingerprint density at radius 3 is 2.03 bits per heavy atom. The molecule has 0 N–H and O–H groups in total. The quantitative estimate of drug-likeness (QED) is 0.608. The van der Waals surface area contributed by atoms with Gasteiger partial charge >= 0.3 is 0 Å². The second-order valence-electron chi connectivity index (χ2n) is 8.38. The lowest BCUT2D eigenvalue weighted by molar-refractivity contribution is 0.0435. The number of hydrogen-bond donors (Lipinski definition) is 0. The van der Waals surface area contributed by atoms with Crippen molar-refractivity contribution in [3.05, 3.63) is 96.1 Å². The van der Waals surface area contributed by atoms with Gasteiger partial charge in [-0.25, -0.2) is 8.42 Å². The van der Waals surface area contributed by atoms with Gasteiger partial charge in [0, 0.05) is 38.1 Å². The van der Waals surface area contributed by atoms with E-state index >= 15 is 0 Å². The summed E-state index contributed by atoms with van der Waals surface area (Å²) in [6.07, 6.45) is 0. The van der Waals surface area contributed by atoms with Crippen molar-refractivity contribution in [3.8, 4) is 11.1 Å². The van der Waals surface area contributed by atoms with Gasteiger partial charge in [-0.3, -0.25) is 4.90 Å². The molecule has 0 saturated carbocycles. The van der Waals surface area contributed by atoms with Gasteiger partial charge in [0.2, 0.25) is 10.0 Å². The van der Waals surface area contributed by atoms with Crippen LogP contribution in [0, 0.1) is 5.92 Å². The van der Waals surface area contributed by atoms with Crippen LogP contribution in [0.2, 0.25) is 0 Å². The lowest BCUT2D eigenvalue weighted by atomic mass is 9.91. The fraction of sp³-hybridized carbons (Fsp3) is 0.280. The minimum atomic E-state index is -3.26. The smallest absolute Gasteiger partial charge is 0.218 e. The van der Waals surface area contributed by atoms with E-state index in [1.165, 1.54) is 16.7 Å². The summed E-state index contributed by atoms with van der Waals surface area (Å²) in [5.74, 6) is 0.549. The second-order valence-corrected chi connectivity index (χ2v) is 10.3. The van der Waals surface area contributed by atoms with Crippen LogP contribution in [-0.4, -0.2) is 43.3 Å². The van der Waals surface area contributed by atoms with E-state index in [9.17, 15) is 8.42 Å². The Kier molecular flexibility index (Phi) is 5.19. The normalized spacial score (nSPS) is 21.9. The molecule has 0 amide bonds.